The molecule has 1 aromatic carbocycles. The van der Waals surface area contributed by atoms with Crippen LogP contribution in [0.1, 0.15) is 29.6 Å². The maximum atomic E-state index is 12.6. The van der Waals surface area contributed by atoms with Crippen molar-refractivity contribution in [2.45, 2.75) is 25.3 Å². The third kappa shape index (κ3) is 4.59. The number of nitrogens with one attached hydrogen (secondary N) is 1. The molecule has 1 saturated heterocycles. The zero-order chi connectivity index (χ0) is 17.0. The monoisotopic (exact) mass is 358 g/mol. The Kier molecular flexibility index (Phi) is 5.85. The van der Waals surface area contributed by atoms with Crippen molar-refractivity contribution in [3.8, 4) is 0 Å². The molecule has 2 amide bonds. The first-order valence-electron chi connectivity index (χ1n) is 7.15. The summed E-state index contributed by atoms with van der Waals surface area (Å²) >= 11 is 11.8. The zero-order valence-electron chi connectivity index (χ0n) is 12.2. The number of amides is 2. The molecule has 1 aliphatic rings. The van der Waals surface area contributed by atoms with Crippen LogP contribution in [0.2, 0.25) is 10.0 Å². The van der Waals surface area contributed by atoms with Gasteiger partial charge in [-0.05, 0) is 31.0 Å². The molecule has 0 aromatic heterocycles. The Balaban J connectivity index is 2.06. The van der Waals surface area contributed by atoms with Gasteiger partial charge in [-0.15, -0.1) is 0 Å². The van der Waals surface area contributed by atoms with Gasteiger partial charge in [-0.1, -0.05) is 23.2 Å². The molecule has 0 radical (unpaired) electrons. The molecule has 0 bridgehead atoms. The van der Waals surface area contributed by atoms with E-state index < -0.39 is 12.0 Å². The minimum atomic E-state index is -0.988. The van der Waals surface area contributed by atoms with Crippen molar-refractivity contribution in [1.29, 1.82) is 0 Å². The Morgan fingerprint density at radius 1 is 1.22 bits per heavy atom. The van der Waals surface area contributed by atoms with Crippen LogP contribution in [0.4, 0.5) is 0 Å². The van der Waals surface area contributed by atoms with Crippen molar-refractivity contribution in [1.82, 2.24) is 10.2 Å². The highest BCUT2D eigenvalue weighted by molar-refractivity contribution is 6.35. The lowest BCUT2D eigenvalue weighted by molar-refractivity contribution is -0.137. The largest absolute Gasteiger partial charge is 0.481 e. The van der Waals surface area contributed by atoms with Crippen LogP contribution in [0, 0.1) is 0 Å². The van der Waals surface area contributed by atoms with Gasteiger partial charge in [0.15, 0.2) is 0 Å². The molecular formula is C15H16Cl2N2O4. The number of likely N-dealkylation sites (tertiary alicyclic amines) is 1. The van der Waals surface area contributed by atoms with Gasteiger partial charge in [0, 0.05) is 28.7 Å². The molecule has 1 unspecified atom stereocenters. The second-order valence-corrected chi connectivity index (χ2v) is 6.12. The van der Waals surface area contributed by atoms with Crippen LogP contribution in [0.15, 0.2) is 18.2 Å². The lowest BCUT2D eigenvalue weighted by Gasteiger charge is -2.24. The summed E-state index contributed by atoms with van der Waals surface area (Å²) in [6.07, 6.45) is 1.09. The molecule has 6 nitrogen and oxygen atoms in total. The molecule has 1 heterocycles. The van der Waals surface area contributed by atoms with Crippen LogP contribution in [-0.2, 0) is 9.59 Å². The standard InChI is InChI=1S/C15H16Cl2N2O4/c16-10-6-9(7-11(17)8-10)15(23)19-5-1-2-12(19)14(22)18-4-3-13(20)21/h6-8,12H,1-5H2,(H,18,22)(H,20,21). The van der Waals surface area contributed by atoms with E-state index in [1.807, 2.05) is 0 Å². The lowest BCUT2D eigenvalue weighted by Crippen LogP contribution is -2.46. The van der Waals surface area contributed by atoms with Crippen molar-refractivity contribution >= 4 is 41.0 Å². The number of nitrogens with zero attached hydrogens (tertiary/aromatic N) is 1. The average molecular weight is 359 g/mol. The summed E-state index contributed by atoms with van der Waals surface area (Å²) in [6, 6.07) is 3.94. The number of aliphatic carboxylic acids is 1. The van der Waals surface area contributed by atoms with Crippen molar-refractivity contribution in [3.63, 3.8) is 0 Å². The molecule has 0 spiro atoms. The van der Waals surface area contributed by atoms with Gasteiger partial charge in [0.25, 0.3) is 5.91 Å². The third-order valence-corrected chi connectivity index (χ3v) is 4.00. The average Bonchev–Trinajstić information content (AvgIpc) is 2.94. The van der Waals surface area contributed by atoms with Crippen molar-refractivity contribution < 1.29 is 19.5 Å². The highest BCUT2D eigenvalue weighted by Gasteiger charge is 2.34. The van der Waals surface area contributed by atoms with Gasteiger partial charge >= 0.3 is 5.97 Å². The maximum Gasteiger partial charge on any atom is 0.305 e. The van der Waals surface area contributed by atoms with E-state index in [0.29, 0.717) is 35.0 Å². The zero-order valence-corrected chi connectivity index (χ0v) is 13.7. The fourth-order valence-corrected chi connectivity index (χ4v) is 3.06. The SMILES string of the molecule is O=C(O)CCNC(=O)C1CCCN1C(=O)c1cc(Cl)cc(Cl)c1. The molecule has 1 atom stereocenters. The molecular weight excluding hydrogens is 343 g/mol. The van der Waals surface area contributed by atoms with Gasteiger partial charge in [-0.3, -0.25) is 14.4 Å². The third-order valence-electron chi connectivity index (χ3n) is 3.56. The highest BCUT2D eigenvalue weighted by Crippen LogP contribution is 2.24. The Morgan fingerprint density at radius 3 is 2.48 bits per heavy atom. The second-order valence-electron chi connectivity index (χ2n) is 5.25. The Labute approximate surface area is 143 Å². The quantitative estimate of drug-likeness (QED) is 0.844. The summed E-state index contributed by atoms with van der Waals surface area (Å²) < 4.78 is 0. The Hall–Kier alpha value is -1.79. The fourth-order valence-electron chi connectivity index (χ4n) is 2.54. The lowest BCUT2D eigenvalue weighted by atomic mass is 10.1. The number of halogens is 2. The van der Waals surface area contributed by atoms with Crippen molar-refractivity contribution in [2.24, 2.45) is 0 Å². The summed E-state index contributed by atoms with van der Waals surface area (Å²) in [4.78, 5) is 36.7. The van der Waals surface area contributed by atoms with E-state index in [-0.39, 0.29) is 24.8 Å². The summed E-state index contributed by atoms with van der Waals surface area (Å²) in [6.45, 7) is 0.496. The van der Waals surface area contributed by atoms with Gasteiger partial charge < -0.3 is 15.3 Å². The van der Waals surface area contributed by atoms with E-state index in [2.05, 4.69) is 5.32 Å². The number of benzene rings is 1. The normalized spacial score (nSPS) is 17.1. The number of carboxylic acid groups (broad SMARTS) is 1. The van der Waals surface area contributed by atoms with Gasteiger partial charge in [0.2, 0.25) is 5.91 Å². The second kappa shape index (κ2) is 7.66. The maximum absolute atomic E-state index is 12.6. The smallest absolute Gasteiger partial charge is 0.305 e. The predicted molar refractivity (Wildman–Crippen MR) is 85.8 cm³/mol. The van der Waals surface area contributed by atoms with E-state index in [1.54, 1.807) is 0 Å². The molecule has 1 aliphatic heterocycles. The fraction of sp³-hybridized carbons (Fsp3) is 0.400. The van der Waals surface area contributed by atoms with E-state index in [1.165, 1.54) is 23.1 Å². The molecule has 0 aliphatic carbocycles. The van der Waals surface area contributed by atoms with E-state index >= 15 is 0 Å². The van der Waals surface area contributed by atoms with Crippen LogP contribution in [0.25, 0.3) is 0 Å². The van der Waals surface area contributed by atoms with E-state index in [0.717, 1.165) is 0 Å². The first-order chi connectivity index (χ1) is 10.9. The van der Waals surface area contributed by atoms with Crippen LogP contribution in [-0.4, -0.2) is 46.9 Å². The molecule has 23 heavy (non-hydrogen) atoms. The molecule has 1 aromatic rings. The van der Waals surface area contributed by atoms with E-state index in [4.69, 9.17) is 28.3 Å². The van der Waals surface area contributed by atoms with Gasteiger partial charge in [0.05, 0.1) is 6.42 Å². The number of carbonyl (C=O) groups excluding carboxylic acids is 2. The first kappa shape index (κ1) is 17.6. The van der Waals surface area contributed by atoms with Crippen LogP contribution in [0.3, 0.4) is 0 Å². The van der Waals surface area contributed by atoms with Gasteiger partial charge in [-0.2, -0.15) is 0 Å². The topological polar surface area (TPSA) is 86.7 Å². The predicted octanol–water partition coefficient (Wildman–Crippen LogP) is 2.19. The van der Waals surface area contributed by atoms with Crippen LogP contribution < -0.4 is 5.32 Å². The van der Waals surface area contributed by atoms with Crippen molar-refractivity contribution in [3.05, 3.63) is 33.8 Å². The number of carboxylic acids is 1. The number of carbonyl (C=O) groups is 3. The molecule has 0 saturated carbocycles. The van der Waals surface area contributed by atoms with E-state index in [9.17, 15) is 14.4 Å². The summed E-state index contributed by atoms with van der Waals surface area (Å²) in [5.74, 6) is -1.64. The number of hydrogen-bond acceptors (Lipinski definition) is 3. The highest BCUT2D eigenvalue weighted by atomic mass is 35.5. The van der Waals surface area contributed by atoms with Crippen LogP contribution in [0.5, 0.6) is 0 Å². The molecule has 8 heteroatoms. The summed E-state index contributed by atoms with van der Waals surface area (Å²) in [5.41, 5.74) is 0.327. The van der Waals surface area contributed by atoms with Crippen LogP contribution >= 0.6 is 23.2 Å². The Morgan fingerprint density at radius 2 is 1.87 bits per heavy atom. The molecule has 124 valence electrons. The first-order valence-corrected chi connectivity index (χ1v) is 7.90. The van der Waals surface area contributed by atoms with Crippen molar-refractivity contribution in [2.75, 3.05) is 13.1 Å². The minimum absolute atomic E-state index is 0.0374. The number of hydrogen-bond donors (Lipinski definition) is 2. The molecule has 2 N–H and O–H groups in total. The summed E-state index contributed by atoms with van der Waals surface area (Å²) in [5, 5.41) is 11.8. The number of rotatable bonds is 5. The summed E-state index contributed by atoms with van der Waals surface area (Å²) in [7, 11) is 0. The molecule has 1 fully saturated rings. The van der Waals surface area contributed by atoms with Gasteiger partial charge in [-0.25, -0.2) is 0 Å². The Bertz CT molecular complexity index is 616. The molecule has 2 rings (SSSR count). The van der Waals surface area contributed by atoms with Gasteiger partial charge in [0.1, 0.15) is 6.04 Å². The minimum Gasteiger partial charge on any atom is -0.481 e.